The van der Waals surface area contributed by atoms with Crippen LogP contribution in [0.25, 0.3) is 0 Å². The maximum Gasteiger partial charge on any atom is 0.323 e. The zero-order chi connectivity index (χ0) is 27.1. The van der Waals surface area contributed by atoms with Crippen LogP contribution < -0.4 is 29.4 Å². The average molecular weight is 528 g/mol. The first-order valence-electron chi connectivity index (χ1n) is 12.7. The molecule has 0 aromatic heterocycles. The zero-order valence-electron chi connectivity index (χ0n) is 22.1. The van der Waals surface area contributed by atoms with E-state index in [4.69, 9.17) is 38.9 Å². The van der Waals surface area contributed by atoms with Crippen LogP contribution in [-0.2, 0) is 19.1 Å². The summed E-state index contributed by atoms with van der Waals surface area (Å²) in [6.45, 7) is 4.06. The number of carbonyl (C=O) groups is 2. The molecule has 3 aliphatic rings. The van der Waals surface area contributed by atoms with E-state index in [0.29, 0.717) is 28.7 Å². The Morgan fingerprint density at radius 2 is 1.63 bits per heavy atom. The summed E-state index contributed by atoms with van der Waals surface area (Å²) < 4.78 is 39.7. The van der Waals surface area contributed by atoms with Gasteiger partial charge in [0, 0.05) is 17.4 Å². The summed E-state index contributed by atoms with van der Waals surface area (Å²) in [4.78, 5) is 26.4. The van der Waals surface area contributed by atoms with Crippen LogP contribution >= 0.6 is 0 Å². The second-order valence-corrected chi connectivity index (χ2v) is 9.86. The number of fused-ring (bicyclic) bond motifs is 3. The molecule has 10 heteroatoms. The Bertz CT molecular complexity index is 1220. The smallest absolute Gasteiger partial charge is 0.323 e. The molecule has 1 fully saturated rings. The third-order valence-electron chi connectivity index (χ3n) is 7.94. The fraction of sp³-hybridized carbons (Fsp3) is 0.500. The van der Waals surface area contributed by atoms with E-state index in [2.05, 4.69) is 0 Å². The summed E-state index contributed by atoms with van der Waals surface area (Å²) in [5.74, 6) is -0.0386. The van der Waals surface area contributed by atoms with Crippen LogP contribution in [0.5, 0.6) is 28.7 Å². The fourth-order valence-electron chi connectivity index (χ4n) is 5.63. The van der Waals surface area contributed by atoms with Crippen molar-refractivity contribution in [2.75, 3.05) is 34.7 Å². The van der Waals surface area contributed by atoms with E-state index in [1.165, 1.54) is 21.3 Å². The first kappa shape index (κ1) is 26.0. The molecule has 2 aromatic rings. The molecule has 2 N–H and O–H groups in total. The number of rotatable bonds is 8. The largest absolute Gasteiger partial charge is 0.493 e. The minimum atomic E-state index is -0.790. The van der Waals surface area contributed by atoms with Gasteiger partial charge in [0.1, 0.15) is 12.1 Å². The number of ether oxygens (including phenoxy) is 7. The standard InChI is InChI=1S/C28H33NO9/c1-6-13(2)24(29)28(31)38-25-16-10-19-18(36-12-37-19)9-15(16)22(23-17(25)11-35-27(23)30)14-7-20(32-3)26(34-5)21(8-14)33-4/h7-10,13,17,22-25H,6,11-12,29H2,1-5H3/t13?,17-,22+,23+,24?,25-/m0/s1. The number of cyclic esters (lactones) is 1. The van der Waals surface area contributed by atoms with E-state index >= 15 is 0 Å². The van der Waals surface area contributed by atoms with Crippen molar-refractivity contribution in [2.24, 2.45) is 23.5 Å². The molecule has 204 valence electrons. The minimum absolute atomic E-state index is 0.0634. The van der Waals surface area contributed by atoms with Gasteiger partial charge in [-0.3, -0.25) is 9.59 Å². The van der Waals surface area contributed by atoms with Gasteiger partial charge in [-0.25, -0.2) is 0 Å². The predicted octanol–water partition coefficient (Wildman–Crippen LogP) is 3.33. The maximum absolute atomic E-state index is 13.3. The molecule has 1 aliphatic carbocycles. The second kappa shape index (κ2) is 10.2. The third kappa shape index (κ3) is 4.16. The van der Waals surface area contributed by atoms with Crippen molar-refractivity contribution in [1.82, 2.24) is 0 Å². The topological polar surface area (TPSA) is 125 Å². The van der Waals surface area contributed by atoms with Crippen molar-refractivity contribution in [3.05, 3.63) is 41.0 Å². The molecule has 0 saturated carbocycles. The van der Waals surface area contributed by atoms with Crippen molar-refractivity contribution >= 4 is 11.9 Å². The predicted molar refractivity (Wildman–Crippen MR) is 135 cm³/mol. The number of hydrogen-bond acceptors (Lipinski definition) is 10. The minimum Gasteiger partial charge on any atom is -0.493 e. The quantitative estimate of drug-likeness (QED) is 0.511. The van der Waals surface area contributed by atoms with Gasteiger partial charge in [-0.2, -0.15) is 0 Å². The van der Waals surface area contributed by atoms with E-state index in [-0.39, 0.29) is 25.3 Å². The number of methoxy groups -OCH3 is 3. The summed E-state index contributed by atoms with van der Waals surface area (Å²) in [6.07, 6.45) is -0.0237. The van der Waals surface area contributed by atoms with E-state index in [9.17, 15) is 9.59 Å². The molecular formula is C28H33NO9. The van der Waals surface area contributed by atoms with Crippen molar-refractivity contribution in [2.45, 2.75) is 38.3 Å². The molecule has 6 atom stereocenters. The van der Waals surface area contributed by atoms with Crippen LogP contribution in [0.2, 0.25) is 0 Å². The van der Waals surface area contributed by atoms with Crippen LogP contribution in [-0.4, -0.2) is 52.7 Å². The lowest BCUT2D eigenvalue weighted by Crippen LogP contribution is -2.42. The van der Waals surface area contributed by atoms with Gasteiger partial charge in [-0.1, -0.05) is 20.3 Å². The van der Waals surface area contributed by atoms with E-state index in [1.54, 1.807) is 0 Å². The van der Waals surface area contributed by atoms with Crippen LogP contribution in [0.4, 0.5) is 0 Å². The SMILES string of the molecule is CCC(C)C(N)C(=O)O[C@H]1c2cc3c(cc2[C@@H](c2cc(OC)c(OC)c(OC)c2)[C@@H]2C(=O)OC[C@@H]21)OCO3. The van der Waals surface area contributed by atoms with Crippen molar-refractivity contribution in [3.8, 4) is 28.7 Å². The van der Waals surface area contributed by atoms with Crippen molar-refractivity contribution in [1.29, 1.82) is 0 Å². The summed E-state index contributed by atoms with van der Waals surface area (Å²) in [5.41, 5.74) is 8.46. The van der Waals surface area contributed by atoms with Crippen LogP contribution in [0.15, 0.2) is 24.3 Å². The molecule has 2 aromatic carbocycles. The van der Waals surface area contributed by atoms with Gasteiger partial charge < -0.3 is 38.9 Å². The van der Waals surface area contributed by atoms with E-state index in [0.717, 1.165) is 23.1 Å². The Morgan fingerprint density at radius 3 is 2.21 bits per heavy atom. The molecular weight excluding hydrogens is 494 g/mol. The van der Waals surface area contributed by atoms with Gasteiger partial charge in [-0.05, 0) is 41.3 Å². The fourth-order valence-corrected chi connectivity index (χ4v) is 5.63. The highest BCUT2D eigenvalue weighted by molar-refractivity contribution is 5.80. The molecule has 2 aliphatic heterocycles. The van der Waals surface area contributed by atoms with Crippen molar-refractivity contribution < 1.29 is 42.7 Å². The third-order valence-corrected chi connectivity index (χ3v) is 7.94. The zero-order valence-corrected chi connectivity index (χ0v) is 22.1. The lowest BCUT2D eigenvalue weighted by atomic mass is 9.66. The van der Waals surface area contributed by atoms with E-state index in [1.807, 2.05) is 38.1 Å². The van der Waals surface area contributed by atoms with Crippen molar-refractivity contribution in [3.63, 3.8) is 0 Å². The van der Waals surface area contributed by atoms with Gasteiger partial charge in [0.2, 0.25) is 12.5 Å². The molecule has 2 heterocycles. The number of nitrogens with two attached hydrogens (primary N) is 1. The summed E-state index contributed by atoms with van der Waals surface area (Å²) in [7, 11) is 4.61. The maximum atomic E-state index is 13.3. The number of hydrogen-bond donors (Lipinski definition) is 1. The number of carbonyl (C=O) groups excluding carboxylic acids is 2. The molecule has 38 heavy (non-hydrogen) atoms. The highest BCUT2D eigenvalue weighted by Crippen LogP contribution is 2.56. The Balaban J connectivity index is 1.67. The van der Waals surface area contributed by atoms with Gasteiger partial charge in [0.15, 0.2) is 23.0 Å². The molecule has 2 unspecified atom stereocenters. The molecule has 0 bridgehead atoms. The first-order chi connectivity index (χ1) is 18.3. The molecule has 1 saturated heterocycles. The molecule has 0 radical (unpaired) electrons. The van der Waals surface area contributed by atoms with Crippen LogP contribution in [0, 0.1) is 17.8 Å². The number of esters is 2. The lowest BCUT2D eigenvalue weighted by Gasteiger charge is -2.39. The highest BCUT2D eigenvalue weighted by atomic mass is 16.7. The summed E-state index contributed by atoms with van der Waals surface area (Å²) >= 11 is 0. The molecule has 5 rings (SSSR count). The molecule has 10 nitrogen and oxygen atoms in total. The summed E-state index contributed by atoms with van der Waals surface area (Å²) in [5, 5.41) is 0. The first-order valence-corrected chi connectivity index (χ1v) is 12.7. The Hall–Kier alpha value is -3.66. The van der Waals surface area contributed by atoms with Gasteiger partial charge in [0.25, 0.3) is 0 Å². The van der Waals surface area contributed by atoms with Gasteiger partial charge >= 0.3 is 11.9 Å². The van der Waals surface area contributed by atoms with Gasteiger partial charge in [-0.15, -0.1) is 0 Å². The average Bonchev–Trinajstić information content (AvgIpc) is 3.56. The normalized spacial score (nSPS) is 24.5. The lowest BCUT2D eigenvalue weighted by molar-refractivity contribution is -0.157. The molecule has 0 spiro atoms. The Morgan fingerprint density at radius 1 is 1.00 bits per heavy atom. The highest BCUT2D eigenvalue weighted by Gasteiger charge is 2.54. The van der Waals surface area contributed by atoms with Gasteiger partial charge in [0.05, 0.1) is 33.9 Å². The summed E-state index contributed by atoms with van der Waals surface area (Å²) in [6, 6.07) is 6.54. The molecule has 0 amide bonds. The Kier molecular flexibility index (Phi) is 7.00. The van der Waals surface area contributed by atoms with Crippen LogP contribution in [0.1, 0.15) is 49.0 Å². The monoisotopic (exact) mass is 527 g/mol. The van der Waals surface area contributed by atoms with E-state index < -0.39 is 35.9 Å². The van der Waals surface area contributed by atoms with Crippen LogP contribution in [0.3, 0.4) is 0 Å². The Labute approximate surface area is 221 Å². The number of benzene rings is 2. The second-order valence-electron chi connectivity index (χ2n) is 9.86.